The lowest BCUT2D eigenvalue weighted by molar-refractivity contribution is 0.355. The van der Waals surface area contributed by atoms with Gasteiger partial charge in [-0.3, -0.25) is 4.68 Å². The average Bonchev–Trinajstić information content (AvgIpc) is 3.15. The molecule has 1 aromatic carbocycles. The van der Waals surface area contributed by atoms with Crippen LogP contribution in [0.25, 0.3) is 22.4 Å². The molecule has 0 aliphatic rings. The third-order valence-electron chi connectivity index (χ3n) is 4.31. The molecule has 3 rings (SSSR count). The summed E-state index contributed by atoms with van der Waals surface area (Å²) in [5, 5.41) is 9.72. The number of nitrogens with two attached hydrogens (primary N) is 1. The molecule has 0 aliphatic heterocycles. The minimum absolute atomic E-state index is 0.0714. The van der Waals surface area contributed by atoms with Gasteiger partial charge in [-0.2, -0.15) is 5.10 Å². The SMILES string of the molecule is CCCCn1c(-c2cnn(C(C)(C)C)c2)nc2cc(S(N)(=O)=O)ccc21. The highest BCUT2D eigenvalue weighted by Crippen LogP contribution is 2.28. The zero-order valence-electron chi connectivity index (χ0n) is 15.6. The van der Waals surface area contributed by atoms with E-state index in [4.69, 9.17) is 10.1 Å². The second kappa shape index (κ2) is 6.51. The van der Waals surface area contributed by atoms with Gasteiger partial charge < -0.3 is 4.57 Å². The van der Waals surface area contributed by atoms with Crippen LogP contribution in [0.2, 0.25) is 0 Å². The van der Waals surface area contributed by atoms with Crippen molar-refractivity contribution in [1.29, 1.82) is 0 Å². The summed E-state index contributed by atoms with van der Waals surface area (Å²) in [6, 6.07) is 4.84. The van der Waals surface area contributed by atoms with Gasteiger partial charge in [0.25, 0.3) is 0 Å². The van der Waals surface area contributed by atoms with Crippen molar-refractivity contribution in [3.05, 3.63) is 30.6 Å². The molecule has 0 saturated carbocycles. The number of fused-ring (bicyclic) bond motifs is 1. The van der Waals surface area contributed by atoms with Crippen LogP contribution in [0.1, 0.15) is 40.5 Å². The zero-order chi connectivity index (χ0) is 19.1. The van der Waals surface area contributed by atoms with E-state index in [-0.39, 0.29) is 10.4 Å². The number of aryl methyl sites for hydroxylation is 1. The first-order valence-electron chi connectivity index (χ1n) is 8.70. The Labute approximate surface area is 153 Å². The van der Waals surface area contributed by atoms with Gasteiger partial charge in [-0.25, -0.2) is 18.5 Å². The van der Waals surface area contributed by atoms with Crippen molar-refractivity contribution in [3.63, 3.8) is 0 Å². The number of sulfonamides is 1. The van der Waals surface area contributed by atoms with Crippen LogP contribution in [0.3, 0.4) is 0 Å². The largest absolute Gasteiger partial charge is 0.324 e. The summed E-state index contributed by atoms with van der Waals surface area (Å²) in [4.78, 5) is 4.77. The van der Waals surface area contributed by atoms with Crippen molar-refractivity contribution in [2.24, 2.45) is 5.14 Å². The maximum atomic E-state index is 11.7. The first-order chi connectivity index (χ1) is 12.1. The summed E-state index contributed by atoms with van der Waals surface area (Å²) in [6.07, 6.45) is 5.83. The van der Waals surface area contributed by atoms with Crippen molar-refractivity contribution in [1.82, 2.24) is 19.3 Å². The lowest BCUT2D eigenvalue weighted by Gasteiger charge is -2.18. The Balaban J connectivity index is 2.18. The predicted molar refractivity (Wildman–Crippen MR) is 102 cm³/mol. The van der Waals surface area contributed by atoms with Crippen molar-refractivity contribution in [2.75, 3.05) is 0 Å². The molecule has 0 unspecified atom stereocenters. The molecule has 3 aromatic rings. The van der Waals surface area contributed by atoms with Crippen LogP contribution in [0.15, 0.2) is 35.5 Å². The fourth-order valence-corrected chi connectivity index (χ4v) is 3.39. The quantitative estimate of drug-likeness (QED) is 0.741. The normalized spacial score (nSPS) is 12.8. The minimum atomic E-state index is -3.76. The summed E-state index contributed by atoms with van der Waals surface area (Å²) in [6.45, 7) is 9.19. The van der Waals surface area contributed by atoms with Gasteiger partial charge in [0, 0.05) is 12.7 Å². The van der Waals surface area contributed by atoms with Crippen LogP contribution < -0.4 is 5.14 Å². The van der Waals surface area contributed by atoms with Gasteiger partial charge in [-0.1, -0.05) is 13.3 Å². The van der Waals surface area contributed by atoms with Crippen molar-refractivity contribution in [2.45, 2.75) is 57.5 Å². The Morgan fingerprint density at radius 2 is 1.96 bits per heavy atom. The third-order valence-corrected chi connectivity index (χ3v) is 5.22. The predicted octanol–water partition coefficient (Wildman–Crippen LogP) is 3.10. The molecule has 0 spiro atoms. The van der Waals surface area contributed by atoms with Crippen LogP contribution in [0, 0.1) is 0 Å². The van der Waals surface area contributed by atoms with Gasteiger partial charge in [-0.05, 0) is 45.4 Å². The third kappa shape index (κ3) is 3.52. The topological polar surface area (TPSA) is 95.8 Å². The van der Waals surface area contributed by atoms with Gasteiger partial charge >= 0.3 is 0 Å². The smallest absolute Gasteiger partial charge is 0.238 e. The monoisotopic (exact) mass is 375 g/mol. The van der Waals surface area contributed by atoms with Crippen LogP contribution in [0.4, 0.5) is 0 Å². The van der Waals surface area contributed by atoms with E-state index >= 15 is 0 Å². The molecule has 7 nitrogen and oxygen atoms in total. The number of hydrogen-bond donors (Lipinski definition) is 1. The number of primary sulfonamides is 1. The van der Waals surface area contributed by atoms with Gasteiger partial charge in [-0.15, -0.1) is 0 Å². The standard InChI is InChI=1S/C18H25N5O2S/c1-5-6-9-22-16-8-7-14(26(19,24)25)10-15(16)21-17(22)13-11-20-23(12-13)18(2,3)4/h7-8,10-12H,5-6,9H2,1-4H3,(H2,19,24,25). The maximum absolute atomic E-state index is 11.7. The lowest BCUT2D eigenvalue weighted by atomic mass is 10.1. The molecular formula is C18H25N5O2S. The molecule has 0 bridgehead atoms. The van der Waals surface area contributed by atoms with Crippen molar-refractivity contribution in [3.8, 4) is 11.4 Å². The van der Waals surface area contributed by atoms with E-state index < -0.39 is 10.0 Å². The Bertz CT molecular complexity index is 1040. The molecule has 0 atom stereocenters. The molecule has 2 aromatic heterocycles. The van der Waals surface area contributed by atoms with Crippen LogP contribution >= 0.6 is 0 Å². The molecule has 0 fully saturated rings. The van der Waals surface area contributed by atoms with Gasteiger partial charge in [0.15, 0.2) is 0 Å². The number of hydrogen-bond acceptors (Lipinski definition) is 4. The summed E-state index contributed by atoms with van der Waals surface area (Å²) < 4.78 is 27.3. The van der Waals surface area contributed by atoms with E-state index in [1.54, 1.807) is 12.3 Å². The number of unbranched alkanes of at least 4 members (excludes halogenated alkanes) is 1. The second-order valence-corrected chi connectivity index (χ2v) is 9.04. The fraction of sp³-hybridized carbons (Fsp3) is 0.444. The maximum Gasteiger partial charge on any atom is 0.238 e. The molecule has 2 N–H and O–H groups in total. The van der Waals surface area contributed by atoms with Gasteiger partial charge in [0.05, 0.1) is 33.2 Å². The fourth-order valence-electron chi connectivity index (χ4n) is 2.85. The Morgan fingerprint density at radius 1 is 1.23 bits per heavy atom. The Hall–Kier alpha value is -2.19. The molecule has 140 valence electrons. The second-order valence-electron chi connectivity index (χ2n) is 7.48. The highest BCUT2D eigenvalue weighted by molar-refractivity contribution is 7.89. The van der Waals surface area contributed by atoms with Crippen LogP contribution in [-0.4, -0.2) is 27.7 Å². The van der Waals surface area contributed by atoms with Gasteiger partial charge in [0.2, 0.25) is 10.0 Å². The summed E-state index contributed by atoms with van der Waals surface area (Å²) >= 11 is 0. The Kier molecular flexibility index (Phi) is 4.66. The number of rotatable bonds is 5. The van der Waals surface area contributed by atoms with E-state index in [9.17, 15) is 8.42 Å². The van der Waals surface area contributed by atoms with Gasteiger partial charge in [0.1, 0.15) is 5.82 Å². The molecule has 8 heteroatoms. The molecule has 0 saturated heterocycles. The highest BCUT2D eigenvalue weighted by Gasteiger charge is 2.19. The number of imidazole rings is 1. The summed E-state index contributed by atoms with van der Waals surface area (Å²) in [5.74, 6) is 0.788. The zero-order valence-corrected chi connectivity index (χ0v) is 16.4. The van der Waals surface area contributed by atoms with E-state index in [0.29, 0.717) is 5.52 Å². The number of nitrogens with zero attached hydrogens (tertiary/aromatic N) is 4. The highest BCUT2D eigenvalue weighted by atomic mass is 32.2. The van der Waals surface area contributed by atoms with Crippen molar-refractivity contribution < 1.29 is 8.42 Å². The van der Waals surface area contributed by atoms with Crippen LogP contribution in [0.5, 0.6) is 0 Å². The lowest BCUT2D eigenvalue weighted by Crippen LogP contribution is -2.21. The Morgan fingerprint density at radius 3 is 2.54 bits per heavy atom. The molecule has 26 heavy (non-hydrogen) atoms. The first kappa shape index (κ1) is 18.6. The molecule has 2 heterocycles. The molecule has 0 amide bonds. The van der Waals surface area contributed by atoms with Crippen molar-refractivity contribution >= 4 is 21.1 Å². The molecule has 0 aliphatic carbocycles. The number of benzene rings is 1. The van der Waals surface area contributed by atoms with E-state index in [0.717, 1.165) is 36.3 Å². The minimum Gasteiger partial charge on any atom is -0.324 e. The average molecular weight is 375 g/mol. The van der Waals surface area contributed by atoms with E-state index in [2.05, 4.69) is 37.4 Å². The summed E-state index contributed by atoms with van der Waals surface area (Å²) in [7, 11) is -3.76. The molecular weight excluding hydrogens is 350 g/mol. The van der Waals surface area contributed by atoms with Crippen LogP contribution in [-0.2, 0) is 22.1 Å². The molecule has 0 radical (unpaired) electrons. The van der Waals surface area contributed by atoms with E-state index in [1.807, 2.05) is 10.9 Å². The first-order valence-corrected chi connectivity index (χ1v) is 10.2. The number of aromatic nitrogens is 4. The van der Waals surface area contributed by atoms with E-state index in [1.165, 1.54) is 12.1 Å². The summed E-state index contributed by atoms with van der Waals surface area (Å²) in [5.41, 5.74) is 2.29.